The number of halogens is 2. The van der Waals surface area contributed by atoms with Crippen LogP contribution >= 0.6 is 24.0 Å². The molecular formula is C17H26Cl2N2O. The van der Waals surface area contributed by atoms with Gasteiger partial charge in [-0.2, -0.15) is 0 Å². The van der Waals surface area contributed by atoms with Gasteiger partial charge in [0, 0.05) is 24.2 Å². The van der Waals surface area contributed by atoms with E-state index in [-0.39, 0.29) is 29.8 Å². The molecular weight excluding hydrogens is 319 g/mol. The molecule has 1 saturated heterocycles. The Morgan fingerprint density at radius 2 is 1.95 bits per heavy atom. The highest BCUT2D eigenvalue weighted by Gasteiger charge is 2.41. The molecule has 0 radical (unpaired) electrons. The fourth-order valence-electron chi connectivity index (χ4n) is 3.03. The Hall–Kier alpha value is -0.770. The standard InChI is InChI=1S/C17H25ClN2O.ClH/c1-16(2)11-20(10-9-14(16)19)15(21)17(3,4)12-7-5-6-8-13(12)18;/h5-8,14H,9-11,19H2,1-4H3;1H. The van der Waals surface area contributed by atoms with Crippen LogP contribution in [0.1, 0.15) is 39.7 Å². The van der Waals surface area contributed by atoms with Crippen LogP contribution in [0.15, 0.2) is 24.3 Å². The zero-order valence-electron chi connectivity index (χ0n) is 13.7. The van der Waals surface area contributed by atoms with Gasteiger partial charge in [-0.3, -0.25) is 4.79 Å². The number of hydrogen-bond acceptors (Lipinski definition) is 2. The summed E-state index contributed by atoms with van der Waals surface area (Å²) in [4.78, 5) is 14.9. The second kappa shape index (κ2) is 6.77. The molecule has 5 heteroatoms. The van der Waals surface area contributed by atoms with Crippen LogP contribution in [0.4, 0.5) is 0 Å². The lowest BCUT2D eigenvalue weighted by Crippen LogP contribution is -2.56. The molecule has 1 aliphatic heterocycles. The summed E-state index contributed by atoms with van der Waals surface area (Å²) in [5.41, 5.74) is 6.36. The van der Waals surface area contributed by atoms with Gasteiger partial charge in [0.1, 0.15) is 0 Å². The minimum absolute atomic E-state index is 0. The third-order valence-corrected chi connectivity index (χ3v) is 5.01. The molecule has 0 aromatic heterocycles. The van der Waals surface area contributed by atoms with E-state index in [1.54, 1.807) is 0 Å². The number of likely N-dealkylation sites (tertiary alicyclic amines) is 1. The van der Waals surface area contributed by atoms with Crippen LogP contribution in [0.2, 0.25) is 5.02 Å². The lowest BCUT2D eigenvalue weighted by molar-refractivity contribution is -0.139. The molecule has 0 aliphatic carbocycles. The van der Waals surface area contributed by atoms with Crippen molar-refractivity contribution >= 4 is 29.9 Å². The van der Waals surface area contributed by atoms with E-state index in [1.807, 2.05) is 43.0 Å². The summed E-state index contributed by atoms with van der Waals surface area (Å²) >= 11 is 6.28. The third kappa shape index (κ3) is 3.58. The highest BCUT2D eigenvalue weighted by molar-refractivity contribution is 6.31. The first-order valence-corrected chi connectivity index (χ1v) is 7.84. The first kappa shape index (κ1) is 19.3. The van der Waals surface area contributed by atoms with E-state index >= 15 is 0 Å². The van der Waals surface area contributed by atoms with Crippen molar-refractivity contribution in [1.29, 1.82) is 0 Å². The van der Waals surface area contributed by atoms with Crippen LogP contribution in [0.5, 0.6) is 0 Å². The highest BCUT2D eigenvalue weighted by Crippen LogP contribution is 2.35. The van der Waals surface area contributed by atoms with Crippen molar-refractivity contribution in [2.24, 2.45) is 11.1 Å². The van der Waals surface area contributed by atoms with E-state index in [9.17, 15) is 4.79 Å². The van der Waals surface area contributed by atoms with Crippen molar-refractivity contribution in [3.8, 4) is 0 Å². The fraction of sp³-hybridized carbons (Fsp3) is 0.588. The first-order chi connectivity index (χ1) is 9.66. The molecule has 0 bridgehead atoms. The summed E-state index contributed by atoms with van der Waals surface area (Å²) in [6.45, 7) is 9.55. The molecule has 1 atom stereocenters. The van der Waals surface area contributed by atoms with E-state index in [0.29, 0.717) is 11.6 Å². The Balaban J connectivity index is 0.00000242. The average Bonchev–Trinajstić information content (AvgIpc) is 2.41. The van der Waals surface area contributed by atoms with Crippen molar-refractivity contribution < 1.29 is 4.79 Å². The quantitative estimate of drug-likeness (QED) is 0.890. The third-order valence-electron chi connectivity index (χ3n) is 4.68. The number of piperidine rings is 1. The summed E-state index contributed by atoms with van der Waals surface area (Å²) < 4.78 is 0. The molecule has 1 unspecified atom stereocenters. The van der Waals surface area contributed by atoms with Crippen LogP contribution in [0.25, 0.3) is 0 Å². The van der Waals surface area contributed by atoms with E-state index in [2.05, 4.69) is 13.8 Å². The van der Waals surface area contributed by atoms with E-state index in [4.69, 9.17) is 17.3 Å². The van der Waals surface area contributed by atoms with Gasteiger partial charge in [0.2, 0.25) is 5.91 Å². The summed E-state index contributed by atoms with van der Waals surface area (Å²) in [5.74, 6) is 0.121. The molecule has 2 rings (SSSR count). The first-order valence-electron chi connectivity index (χ1n) is 7.46. The molecule has 1 heterocycles. The van der Waals surface area contributed by atoms with Gasteiger partial charge in [-0.15, -0.1) is 12.4 Å². The number of hydrogen-bond donors (Lipinski definition) is 1. The van der Waals surface area contributed by atoms with Gasteiger partial charge in [0.15, 0.2) is 0 Å². The number of rotatable bonds is 2. The van der Waals surface area contributed by atoms with Gasteiger partial charge < -0.3 is 10.6 Å². The second-order valence-electron chi connectivity index (χ2n) is 7.22. The summed E-state index contributed by atoms with van der Waals surface area (Å²) in [5, 5.41) is 0.642. The molecule has 1 aromatic rings. The summed E-state index contributed by atoms with van der Waals surface area (Å²) in [6.07, 6.45) is 0.845. The number of nitrogens with two attached hydrogens (primary N) is 1. The van der Waals surface area contributed by atoms with E-state index in [0.717, 1.165) is 18.5 Å². The predicted molar refractivity (Wildman–Crippen MR) is 94.7 cm³/mol. The molecule has 0 saturated carbocycles. The van der Waals surface area contributed by atoms with Crippen molar-refractivity contribution in [2.75, 3.05) is 13.1 Å². The van der Waals surface area contributed by atoms with Gasteiger partial charge >= 0.3 is 0 Å². The smallest absolute Gasteiger partial charge is 0.232 e. The Morgan fingerprint density at radius 1 is 1.36 bits per heavy atom. The van der Waals surface area contributed by atoms with Crippen LogP contribution in [-0.2, 0) is 10.2 Å². The normalized spacial score (nSPS) is 21.2. The average molecular weight is 345 g/mol. The molecule has 1 fully saturated rings. The Bertz CT molecular complexity index is 543. The fourth-order valence-corrected chi connectivity index (χ4v) is 3.40. The number of carbonyl (C=O) groups is 1. The van der Waals surface area contributed by atoms with Crippen LogP contribution < -0.4 is 5.73 Å². The van der Waals surface area contributed by atoms with Gasteiger partial charge in [-0.25, -0.2) is 0 Å². The lowest BCUT2D eigenvalue weighted by atomic mass is 9.77. The highest BCUT2D eigenvalue weighted by atomic mass is 35.5. The molecule has 1 amide bonds. The molecule has 22 heavy (non-hydrogen) atoms. The summed E-state index contributed by atoms with van der Waals surface area (Å²) in [6, 6.07) is 7.72. The lowest BCUT2D eigenvalue weighted by Gasteiger charge is -2.45. The van der Waals surface area contributed by atoms with Crippen molar-refractivity contribution in [2.45, 2.75) is 45.6 Å². The van der Waals surface area contributed by atoms with Crippen LogP contribution in [0.3, 0.4) is 0 Å². The topological polar surface area (TPSA) is 46.3 Å². The van der Waals surface area contributed by atoms with Crippen molar-refractivity contribution in [3.05, 3.63) is 34.9 Å². The van der Waals surface area contributed by atoms with Gasteiger partial charge in [0.05, 0.1) is 5.41 Å². The maximum Gasteiger partial charge on any atom is 0.232 e. The minimum Gasteiger partial charge on any atom is -0.341 e. The van der Waals surface area contributed by atoms with E-state index in [1.165, 1.54) is 0 Å². The van der Waals surface area contributed by atoms with Crippen molar-refractivity contribution in [3.63, 3.8) is 0 Å². The summed E-state index contributed by atoms with van der Waals surface area (Å²) in [7, 11) is 0. The monoisotopic (exact) mass is 344 g/mol. The predicted octanol–water partition coefficient (Wildman–Crippen LogP) is 3.63. The van der Waals surface area contributed by atoms with Crippen molar-refractivity contribution in [1.82, 2.24) is 4.90 Å². The van der Waals surface area contributed by atoms with E-state index < -0.39 is 5.41 Å². The maximum absolute atomic E-state index is 13.0. The molecule has 3 nitrogen and oxygen atoms in total. The van der Waals surface area contributed by atoms with Crippen LogP contribution in [-0.4, -0.2) is 29.9 Å². The molecule has 2 N–H and O–H groups in total. The Morgan fingerprint density at radius 3 is 2.50 bits per heavy atom. The molecule has 124 valence electrons. The maximum atomic E-state index is 13.0. The number of benzene rings is 1. The largest absolute Gasteiger partial charge is 0.341 e. The zero-order chi connectivity index (χ0) is 15.8. The molecule has 1 aromatic carbocycles. The van der Waals surface area contributed by atoms with Gasteiger partial charge in [-0.1, -0.05) is 43.6 Å². The number of amides is 1. The van der Waals surface area contributed by atoms with Gasteiger partial charge in [-0.05, 0) is 37.3 Å². The van der Waals surface area contributed by atoms with Crippen LogP contribution in [0, 0.1) is 5.41 Å². The molecule has 0 spiro atoms. The number of carbonyl (C=O) groups excluding carboxylic acids is 1. The zero-order valence-corrected chi connectivity index (χ0v) is 15.3. The Labute approximate surface area is 144 Å². The molecule has 1 aliphatic rings. The minimum atomic E-state index is -0.629. The van der Waals surface area contributed by atoms with Gasteiger partial charge in [0.25, 0.3) is 0 Å². The SMILES string of the molecule is CC(C)(C(=O)N1CCC(N)C(C)(C)C1)c1ccccc1Cl.Cl. The Kier molecular flexibility index (Phi) is 5.94. The second-order valence-corrected chi connectivity index (χ2v) is 7.62. The number of nitrogens with zero attached hydrogens (tertiary/aromatic N) is 1.